The fourth-order valence-corrected chi connectivity index (χ4v) is 5.40. The molecule has 170 valence electrons. The van der Waals surface area contributed by atoms with E-state index < -0.39 is 21.9 Å². The van der Waals surface area contributed by atoms with Gasteiger partial charge >= 0.3 is 0 Å². The first kappa shape index (κ1) is 24.0. The number of nitrogens with zero attached hydrogens (tertiary/aromatic N) is 1. The summed E-state index contributed by atoms with van der Waals surface area (Å²) in [5, 5.41) is 0. The molecule has 2 aromatic carbocycles. The van der Waals surface area contributed by atoms with Gasteiger partial charge in [-0.1, -0.05) is 31.2 Å². The monoisotopic (exact) mass is 470 g/mol. The van der Waals surface area contributed by atoms with Gasteiger partial charge in [0.25, 0.3) is 15.9 Å². The summed E-state index contributed by atoms with van der Waals surface area (Å²) in [4.78, 5) is 2.56. The Hall–Kier alpha value is -1.70. The topological polar surface area (TPSA) is 49.4 Å². The number of likely N-dealkylation sites (tertiary alicyclic amines) is 1. The van der Waals surface area contributed by atoms with Crippen LogP contribution in [0.5, 0.6) is 0 Å². The number of rotatable bonds is 7. The van der Waals surface area contributed by atoms with Gasteiger partial charge in [-0.05, 0) is 73.7 Å². The van der Waals surface area contributed by atoms with Gasteiger partial charge < -0.3 is 4.90 Å². The summed E-state index contributed by atoms with van der Waals surface area (Å²) < 4.78 is 54.3. The Morgan fingerprint density at radius 2 is 1.68 bits per heavy atom. The van der Waals surface area contributed by atoms with Gasteiger partial charge in [0.1, 0.15) is 0 Å². The molecule has 1 aliphatic carbocycles. The fraction of sp³-hybridized carbons (Fsp3) is 0.478. The largest absolute Gasteiger partial charge is 0.303 e. The molecule has 4 rings (SSSR count). The highest BCUT2D eigenvalue weighted by Crippen LogP contribution is 2.55. The molecule has 4 nitrogen and oxygen atoms in total. The third-order valence-corrected chi connectivity index (χ3v) is 7.50. The van der Waals surface area contributed by atoms with E-state index >= 15 is 0 Å². The van der Waals surface area contributed by atoms with E-state index in [2.05, 4.69) is 16.5 Å². The fourth-order valence-electron chi connectivity index (χ4n) is 4.34. The van der Waals surface area contributed by atoms with E-state index in [0.29, 0.717) is 17.2 Å². The predicted octanol–water partition coefficient (Wildman–Crippen LogP) is 5.62. The van der Waals surface area contributed by atoms with Crippen molar-refractivity contribution >= 4 is 28.1 Å². The van der Waals surface area contributed by atoms with Gasteiger partial charge in [-0.2, -0.15) is 0 Å². The van der Waals surface area contributed by atoms with Crippen molar-refractivity contribution in [2.75, 3.05) is 24.4 Å². The van der Waals surface area contributed by atoms with E-state index in [0.717, 1.165) is 32.5 Å². The molecule has 1 saturated carbocycles. The number of nitrogens with one attached hydrogen (secondary N) is 1. The minimum atomic E-state index is -3.76. The highest BCUT2D eigenvalue weighted by molar-refractivity contribution is 7.92. The van der Waals surface area contributed by atoms with E-state index in [4.69, 9.17) is 0 Å². The molecular formula is C23H29ClF2N2O2S. The minimum Gasteiger partial charge on any atom is -0.303 e. The number of benzene rings is 2. The summed E-state index contributed by atoms with van der Waals surface area (Å²) >= 11 is 0. The molecule has 1 N–H and O–H groups in total. The Balaban J connectivity index is 0.00000272. The van der Waals surface area contributed by atoms with Gasteiger partial charge in [0.2, 0.25) is 0 Å². The first-order valence-corrected chi connectivity index (χ1v) is 12.1. The standard InChI is InChI=1S/C23H28F2N2O2S.ClH/c1-2-13-27-14-3-4-19(16-27)17-5-9-20(10-6-17)26-30(28,29)21-11-7-18(8-12-21)22-15-23(22,24)25;/h5-12,19,22,26H,2-4,13-16H2,1H3;1H. The molecule has 2 atom stereocenters. The molecule has 1 aliphatic heterocycles. The molecule has 31 heavy (non-hydrogen) atoms. The number of alkyl halides is 2. The third-order valence-electron chi connectivity index (χ3n) is 6.10. The number of anilines is 1. The Morgan fingerprint density at radius 1 is 1.06 bits per heavy atom. The first-order valence-electron chi connectivity index (χ1n) is 10.6. The van der Waals surface area contributed by atoms with Crippen molar-refractivity contribution in [3.63, 3.8) is 0 Å². The molecule has 2 unspecified atom stereocenters. The second-order valence-corrected chi connectivity index (χ2v) is 10.1. The van der Waals surface area contributed by atoms with Crippen LogP contribution in [0, 0.1) is 0 Å². The van der Waals surface area contributed by atoms with E-state index in [1.165, 1.54) is 36.2 Å². The number of hydrogen-bond donors (Lipinski definition) is 1. The lowest BCUT2D eigenvalue weighted by Crippen LogP contribution is -2.34. The SMILES string of the molecule is CCCN1CCCC(c2ccc(NS(=O)(=O)c3ccc(C4CC4(F)F)cc3)cc2)C1.Cl. The number of hydrogen-bond acceptors (Lipinski definition) is 3. The van der Waals surface area contributed by atoms with Gasteiger partial charge in [-0.25, -0.2) is 17.2 Å². The second-order valence-electron chi connectivity index (χ2n) is 8.45. The molecule has 0 aromatic heterocycles. The molecular weight excluding hydrogens is 442 g/mol. The first-order chi connectivity index (χ1) is 14.3. The maximum Gasteiger partial charge on any atom is 0.261 e. The van der Waals surface area contributed by atoms with Gasteiger partial charge in [0.05, 0.1) is 10.8 Å². The normalized spacial score (nSPS) is 23.1. The highest BCUT2D eigenvalue weighted by atomic mass is 35.5. The van der Waals surface area contributed by atoms with Crippen LogP contribution in [0.15, 0.2) is 53.4 Å². The zero-order valence-corrected chi connectivity index (χ0v) is 19.2. The van der Waals surface area contributed by atoms with Crippen LogP contribution in [-0.2, 0) is 10.0 Å². The lowest BCUT2D eigenvalue weighted by atomic mass is 9.90. The summed E-state index contributed by atoms with van der Waals surface area (Å²) in [6.07, 6.45) is 3.32. The number of halogens is 3. The van der Waals surface area contributed by atoms with Gasteiger partial charge in [0.15, 0.2) is 0 Å². The zero-order valence-electron chi connectivity index (χ0n) is 17.6. The molecule has 2 aromatic rings. The Kier molecular flexibility index (Phi) is 7.28. The maximum absolute atomic E-state index is 13.2. The van der Waals surface area contributed by atoms with Crippen molar-refractivity contribution in [2.45, 2.75) is 55.3 Å². The zero-order chi connectivity index (χ0) is 21.4. The van der Waals surface area contributed by atoms with Crippen LogP contribution in [0.1, 0.15) is 55.6 Å². The third kappa shape index (κ3) is 5.57. The van der Waals surface area contributed by atoms with Crippen molar-refractivity contribution < 1.29 is 17.2 Å². The molecule has 8 heteroatoms. The molecule has 2 aliphatic rings. The van der Waals surface area contributed by atoms with E-state index in [1.807, 2.05) is 12.1 Å². The quantitative estimate of drug-likeness (QED) is 0.571. The van der Waals surface area contributed by atoms with Crippen molar-refractivity contribution in [3.05, 3.63) is 59.7 Å². The molecule has 0 radical (unpaired) electrons. The van der Waals surface area contributed by atoms with Crippen molar-refractivity contribution in [1.82, 2.24) is 4.90 Å². The van der Waals surface area contributed by atoms with Gasteiger partial charge in [-0.3, -0.25) is 4.72 Å². The van der Waals surface area contributed by atoms with Crippen LogP contribution >= 0.6 is 12.4 Å². The van der Waals surface area contributed by atoms with Gasteiger partial charge in [-0.15, -0.1) is 12.4 Å². The lowest BCUT2D eigenvalue weighted by Gasteiger charge is -2.32. The average molecular weight is 471 g/mol. The number of piperidine rings is 1. The molecule has 0 bridgehead atoms. The van der Waals surface area contributed by atoms with Crippen LogP contribution in [0.2, 0.25) is 0 Å². The molecule has 1 saturated heterocycles. The Labute approximate surface area is 189 Å². The molecule has 1 heterocycles. The minimum absolute atomic E-state index is 0. The van der Waals surface area contributed by atoms with Gasteiger partial charge in [0, 0.05) is 18.7 Å². The van der Waals surface area contributed by atoms with Crippen LogP contribution in [0.25, 0.3) is 0 Å². The summed E-state index contributed by atoms with van der Waals surface area (Å²) in [5.74, 6) is -2.97. The second kappa shape index (κ2) is 9.43. The Bertz CT molecular complexity index is 980. The van der Waals surface area contributed by atoms with Crippen molar-refractivity contribution in [2.24, 2.45) is 0 Å². The maximum atomic E-state index is 13.2. The molecule has 0 amide bonds. The summed E-state index contributed by atoms with van der Waals surface area (Å²) in [5.41, 5.74) is 2.21. The molecule has 2 fully saturated rings. The van der Waals surface area contributed by atoms with Crippen LogP contribution < -0.4 is 4.72 Å². The number of sulfonamides is 1. The van der Waals surface area contributed by atoms with Crippen LogP contribution in [-0.4, -0.2) is 38.9 Å². The van der Waals surface area contributed by atoms with Crippen LogP contribution in [0.3, 0.4) is 0 Å². The van der Waals surface area contributed by atoms with E-state index in [1.54, 1.807) is 12.1 Å². The average Bonchev–Trinajstić information content (AvgIpc) is 3.37. The van der Waals surface area contributed by atoms with E-state index in [9.17, 15) is 17.2 Å². The summed E-state index contributed by atoms with van der Waals surface area (Å²) in [6, 6.07) is 13.3. The summed E-state index contributed by atoms with van der Waals surface area (Å²) in [7, 11) is -3.76. The van der Waals surface area contributed by atoms with Crippen LogP contribution in [0.4, 0.5) is 14.5 Å². The van der Waals surface area contributed by atoms with E-state index in [-0.39, 0.29) is 23.7 Å². The summed E-state index contributed by atoms with van der Waals surface area (Å²) in [6.45, 7) is 5.51. The molecule has 0 spiro atoms. The highest BCUT2D eigenvalue weighted by Gasteiger charge is 2.57. The predicted molar refractivity (Wildman–Crippen MR) is 122 cm³/mol. The Morgan fingerprint density at radius 3 is 2.26 bits per heavy atom. The smallest absolute Gasteiger partial charge is 0.261 e. The lowest BCUT2D eigenvalue weighted by molar-refractivity contribution is 0.112. The van der Waals surface area contributed by atoms with Crippen molar-refractivity contribution in [3.8, 4) is 0 Å². The van der Waals surface area contributed by atoms with Crippen molar-refractivity contribution in [1.29, 1.82) is 0 Å².